The van der Waals surface area contributed by atoms with Gasteiger partial charge < -0.3 is 10.6 Å². The van der Waals surface area contributed by atoms with E-state index in [1.807, 2.05) is 18.2 Å². The minimum Gasteiger partial charge on any atom is -0.368 e. The molecule has 0 unspecified atom stereocenters. The largest absolute Gasteiger partial charge is 0.368 e. The van der Waals surface area contributed by atoms with Gasteiger partial charge in [0.05, 0.1) is 6.54 Å². The highest BCUT2D eigenvalue weighted by molar-refractivity contribution is 5.84. The number of carbonyl (C=O) groups is 2. The summed E-state index contributed by atoms with van der Waals surface area (Å²) in [4.78, 5) is 27.3. The highest BCUT2D eigenvalue weighted by Gasteiger charge is 2.40. The topological polar surface area (TPSA) is 66.6 Å². The Hall–Kier alpha value is -2.14. The van der Waals surface area contributed by atoms with Gasteiger partial charge in [-0.15, -0.1) is 0 Å². The Morgan fingerprint density at radius 3 is 2.56 bits per heavy atom. The average molecular weight is 341 g/mol. The zero-order chi connectivity index (χ0) is 17.7. The smallest absolute Gasteiger partial charge is 0.237 e. The highest BCUT2D eigenvalue weighted by atomic mass is 16.2. The predicted molar refractivity (Wildman–Crippen MR) is 98.6 cm³/mol. The molecule has 2 amide bonds. The van der Waals surface area contributed by atoms with E-state index in [2.05, 4.69) is 29.2 Å². The molecular formula is C20H27N3O2. The van der Waals surface area contributed by atoms with Gasteiger partial charge in [-0.25, -0.2) is 0 Å². The van der Waals surface area contributed by atoms with Crippen molar-refractivity contribution in [2.45, 2.75) is 25.7 Å². The van der Waals surface area contributed by atoms with Crippen LogP contribution in [0.25, 0.3) is 6.08 Å². The number of carbonyl (C=O) groups excluding carboxylic acids is 2. The van der Waals surface area contributed by atoms with Crippen molar-refractivity contribution in [3.8, 4) is 0 Å². The molecule has 1 aromatic rings. The van der Waals surface area contributed by atoms with Crippen molar-refractivity contribution in [1.82, 2.24) is 9.80 Å². The van der Waals surface area contributed by atoms with E-state index in [0.29, 0.717) is 13.0 Å². The minimum absolute atomic E-state index is 0.0596. The van der Waals surface area contributed by atoms with Gasteiger partial charge in [-0.1, -0.05) is 42.5 Å². The summed E-state index contributed by atoms with van der Waals surface area (Å²) >= 11 is 0. The number of hydrogen-bond donors (Lipinski definition) is 1. The second kappa shape index (κ2) is 7.83. The summed E-state index contributed by atoms with van der Waals surface area (Å²) in [5.41, 5.74) is 6.68. The lowest BCUT2D eigenvalue weighted by Crippen LogP contribution is -2.53. The fraction of sp³-hybridized carbons (Fsp3) is 0.500. The number of piperidine rings is 2. The fourth-order valence-corrected chi connectivity index (χ4v) is 3.95. The Morgan fingerprint density at radius 1 is 1.16 bits per heavy atom. The number of amides is 2. The van der Waals surface area contributed by atoms with Gasteiger partial charge in [0, 0.05) is 19.5 Å². The molecule has 2 heterocycles. The van der Waals surface area contributed by atoms with Crippen LogP contribution in [0.3, 0.4) is 0 Å². The van der Waals surface area contributed by atoms with Gasteiger partial charge in [0.15, 0.2) is 0 Å². The van der Waals surface area contributed by atoms with Crippen LogP contribution in [0, 0.1) is 5.41 Å². The lowest BCUT2D eigenvalue weighted by molar-refractivity contribution is -0.142. The van der Waals surface area contributed by atoms with Crippen molar-refractivity contribution >= 4 is 17.9 Å². The van der Waals surface area contributed by atoms with Gasteiger partial charge in [0.25, 0.3) is 0 Å². The van der Waals surface area contributed by atoms with Crippen LogP contribution in [0.15, 0.2) is 36.4 Å². The fourth-order valence-electron chi connectivity index (χ4n) is 3.95. The van der Waals surface area contributed by atoms with Crippen molar-refractivity contribution < 1.29 is 9.59 Å². The molecule has 1 aromatic carbocycles. The second-order valence-electron chi connectivity index (χ2n) is 7.33. The summed E-state index contributed by atoms with van der Waals surface area (Å²) in [7, 11) is 0. The molecule has 0 aliphatic carbocycles. The van der Waals surface area contributed by atoms with Crippen molar-refractivity contribution in [3.63, 3.8) is 0 Å². The van der Waals surface area contributed by atoms with Crippen molar-refractivity contribution in [2.24, 2.45) is 11.1 Å². The van der Waals surface area contributed by atoms with Crippen molar-refractivity contribution in [2.75, 3.05) is 32.7 Å². The quantitative estimate of drug-likeness (QED) is 0.889. The van der Waals surface area contributed by atoms with Crippen LogP contribution in [0.5, 0.6) is 0 Å². The van der Waals surface area contributed by atoms with E-state index in [0.717, 1.165) is 38.9 Å². The van der Waals surface area contributed by atoms with E-state index in [1.54, 1.807) is 4.90 Å². The van der Waals surface area contributed by atoms with Crippen LogP contribution in [0.1, 0.15) is 31.2 Å². The molecule has 5 nitrogen and oxygen atoms in total. The Labute approximate surface area is 149 Å². The predicted octanol–water partition coefficient (Wildman–Crippen LogP) is 1.89. The summed E-state index contributed by atoms with van der Waals surface area (Å²) in [6, 6.07) is 10.3. The van der Waals surface area contributed by atoms with Crippen LogP contribution in [0.4, 0.5) is 0 Å². The molecule has 2 saturated heterocycles. The van der Waals surface area contributed by atoms with Gasteiger partial charge in [-0.3, -0.25) is 14.5 Å². The van der Waals surface area contributed by atoms with Crippen molar-refractivity contribution in [1.29, 1.82) is 0 Å². The maximum atomic E-state index is 12.0. The van der Waals surface area contributed by atoms with Crippen LogP contribution in [-0.2, 0) is 9.59 Å². The first-order valence-corrected chi connectivity index (χ1v) is 9.06. The molecule has 25 heavy (non-hydrogen) atoms. The summed E-state index contributed by atoms with van der Waals surface area (Å²) in [5.74, 6) is -0.355. The van der Waals surface area contributed by atoms with E-state index < -0.39 is 5.91 Å². The molecule has 2 N–H and O–H groups in total. The first kappa shape index (κ1) is 17.7. The van der Waals surface area contributed by atoms with E-state index in [1.165, 1.54) is 5.56 Å². The maximum Gasteiger partial charge on any atom is 0.237 e. The molecule has 2 aliphatic rings. The normalized spacial score (nSPS) is 21.1. The number of hydrogen-bond acceptors (Lipinski definition) is 3. The second-order valence-corrected chi connectivity index (χ2v) is 7.33. The first-order valence-electron chi connectivity index (χ1n) is 9.06. The molecule has 0 atom stereocenters. The zero-order valence-corrected chi connectivity index (χ0v) is 14.7. The molecular weight excluding hydrogens is 314 g/mol. The van der Waals surface area contributed by atoms with Crippen molar-refractivity contribution in [3.05, 3.63) is 42.0 Å². The van der Waals surface area contributed by atoms with Gasteiger partial charge in [-0.2, -0.15) is 0 Å². The molecule has 0 aromatic heterocycles. The molecule has 0 radical (unpaired) electrons. The molecule has 2 fully saturated rings. The van der Waals surface area contributed by atoms with Gasteiger partial charge in [0.1, 0.15) is 0 Å². The van der Waals surface area contributed by atoms with Crippen LogP contribution >= 0.6 is 0 Å². The van der Waals surface area contributed by atoms with Crippen LogP contribution in [-0.4, -0.2) is 54.3 Å². The number of nitrogens with zero attached hydrogens (tertiary/aromatic N) is 2. The summed E-state index contributed by atoms with van der Waals surface area (Å²) in [6.07, 6.45) is 8.02. The SMILES string of the molecule is NC(=O)CN1CC2(CCC1=O)CCN(CC=Cc1ccccc1)CC2. The Kier molecular flexibility index (Phi) is 5.53. The molecule has 5 heteroatoms. The average Bonchev–Trinajstić information content (AvgIpc) is 2.61. The summed E-state index contributed by atoms with van der Waals surface area (Å²) < 4.78 is 0. The highest BCUT2D eigenvalue weighted by Crippen LogP contribution is 2.40. The van der Waals surface area contributed by atoms with E-state index >= 15 is 0 Å². The van der Waals surface area contributed by atoms with Gasteiger partial charge >= 0.3 is 0 Å². The molecule has 0 saturated carbocycles. The number of likely N-dealkylation sites (tertiary alicyclic amines) is 2. The molecule has 134 valence electrons. The lowest BCUT2D eigenvalue weighted by Gasteiger charge is -2.47. The van der Waals surface area contributed by atoms with Gasteiger partial charge in [0.2, 0.25) is 11.8 Å². The molecule has 2 aliphatic heterocycles. The number of rotatable bonds is 5. The van der Waals surface area contributed by atoms with E-state index in [9.17, 15) is 9.59 Å². The lowest BCUT2D eigenvalue weighted by atomic mass is 9.72. The van der Waals surface area contributed by atoms with Crippen LogP contribution in [0.2, 0.25) is 0 Å². The molecule has 1 spiro atoms. The standard InChI is InChI=1S/C20H27N3O2/c21-18(24)15-23-16-20(9-8-19(23)25)10-13-22(14-11-20)12-4-7-17-5-2-1-3-6-17/h1-7H,8-16H2,(H2,21,24). The van der Waals surface area contributed by atoms with E-state index in [-0.39, 0.29) is 17.9 Å². The molecule has 0 bridgehead atoms. The van der Waals surface area contributed by atoms with E-state index in [4.69, 9.17) is 5.73 Å². The number of benzene rings is 1. The third kappa shape index (κ3) is 4.69. The third-order valence-corrected chi connectivity index (χ3v) is 5.49. The Bertz CT molecular complexity index is 634. The van der Waals surface area contributed by atoms with Crippen LogP contribution < -0.4 is 5.73 Å². The third-order valence-electron chi connectivity index (χ3n) is 5.49. The first-order chi connectivity index (χ1) is 12.1. The summed E-state index contributed by atoms with van der Waals surface area (Å²) in [5, 5.41) is 0. The minimum atomic E-state index is -0.422. The number of nitrogens with two attached hydrogens (primary N) is 1. The Morgan fingerprint density at radius 2 is 1.88 bits per heavy atom. The zero-order valence-electron chi connectivity index (χ0n) is 14.7. The maximum absolute atomic E-state index is 12.0. The Balaban J connectivity index is 1.50. The monoisotopic (exact) mass is 341 g/mol. The number of primary amides is 1. The molecule has 3 rings (SSSR count). The van der Waals surface area contributed by atoms with Gasteiger partial charge in [-0.05, 0) is 43.3 Å². The summed E-state index contributed by atoms with van der Waals surface area (Å²) in [6.45, 7) is 3.77.